The summed E-state index contributed by atoms with van der Waals surface area (Å²) >= 11 is 0. The minimum Gasteiger partial charge on any atom is -0.455 e. The molecule has 0 spiro atoms. The predicted molar refractivity (Wildman–Crippen MR) is 234 cm³/mol. The molecule has 6 nitrogen and oxygen atoms in total. The van der Waals surface area contributed by atoms with E-state index >= 15 is 0 Å². The molecule has 0 unspecified atom stereocenters. The molecule has 0 aliphatic heterocycles. The normalized spacial score (nSPS) is 11.8. The standard InChI is InChI=1S/C52H30N4O2/c1-2-11-36-30-37(29-24-31(36)10-1)51-54-50(55-52(56-51)42-16-9-15-39-38-12-4-7-18-44(38)57-48(39)42)35-27-22-33(23-28-35)32-20-25-34(26-21-32)47-46-41-14-5-8-19-45(41)58-49(46)40-13-3-6-17-43(40)53-47/h1-30H. The minimum absolute atomic E-state index is 0.555. The van der Waals surface area contributed by atoms with E-state index in [1.54, 1.807) is 0 Å². The average Bonchev–Trinajstić information content (AvgIpc) is 3.88. The fourth-order valence-corrected chi connectivity index (χ4v) is 8.26. The van der Waals surface area contributed by atoms with Gasteiger partial charge in [-0.3, -0.25) is 0 Å². The van der Waals surface area contributed by atoms with E-state index in [1.165, 1.54) is 0 Å². The lowest BCUT2D eigenvalue weighted by atomic mass is 9.98. The van der Waals surface area contributed by atoms with Crippen LogP contribution < -0.4 is 0 Å². The predicted octanol–water partition coefficient (Wildman–Crippen LogP) is 13.7. The van der Waals surface area contributed by atoms with Crippen molar-refractivity contribution in [2.75, 3.05) is 0 Å². The molecule has 4 aromatic heterocycles. The first-order valence-electron chi connectivity index (χ1n) is 19.3. The highest BCUT2D eigenvalue weighted by molar-refractivity contribution is 6.19. The van der Waals surface area contributed by atoms with Crippen molar-refractivity contribution in [1.82, 2.24) is 19.9 Å². The fourth-order valence-electron chi connectivity index (χ4n) is 8.26. The van der Waals surface area contributed by atoms with E-state index in [0.29, 0.717) is 17.5 Å². The molecule has 0 fully saturated rings. The van der Waals surface area contributed by atoms with E-state index in [1.807, 2.05) is 72.8 Å². The van der Waals surface area contributed by atoms with Gasteiger partial charge in [-0.25, -0.2) is 19.9 Å². The number of nitrogens with zero attached hydrogens (tertiary/aromatic N) is 4. The highest BCUT2D eigenvalue weighted by Gasteiger charge is 2.20. The molecule has 0 saturated heterocycles. The van der Waals surface area contributed by atoms with E-state index in [0.717, 1.165) is 105 Å². The zero-order chi connectivity index (χ0) is 38.2. The minimum atomic E-state index is 0.555. The first-order chi connectivity index (χ1) is 28.7. The number of fused-ring (bicyclic) bond motifs is 9. The number of hydrogen-bond donors (Lipinski definition) is 0. The molecule has 12 aromatic rings. The van der Waals surface area contributed by atoms with Crippen LogP contribution in [0.2, 0.25) is 0 Å². The Hall–Kier alpha value is -7.96. The van der Waals surface area contributed by atoms with Gasteiger partial charge in [0.15, 0.2) is 17.5 Å². The lowest BCUT2D eigenvalue weighted by Crippen LogP contribution is -2.00. The third-order valence-corrected chi connectivity index (χ3v) is 11.1. The van der Waals surface area contributed by atoms with Gasteiger partial charge in [-0.2, -0.15) is 0 Å². The number of pyridine rings is 1. The topological polar surface area (TPSA) is 77.8 Å². The second kappa shape index (κ2) is 12.8. The maximum atomic E-state index is 6.43. The zero-order valence-electron chi connectivity index (χ0n) is 30.9. The average molecular weight is 743 g/mol. The summed E-state index contributed by atoms with van der Waals surface area (Å²) in [4.78, 5) is 20.4. The summed E-state index contributed by atoms with van der Waals surface area (Å²) in [7, 11) is 0. The molecule has 0 radical (unpaired) electrons. The molecule has 0 amide bonds. The Morgan fingerprint density at radius 3 is 1.67 bits per heavy atom. The smallest absolute Gasteiger partial charge is 0.167 e. The van der Waals surface area contributed by atoms with Crippen molar-refractivity contribution in [1.29, 1.82) is 0 Å². The first kappa shape index (κ1) is 32.3. The molecule has 8 aromatic carbocycles. The quantitative estimate of drug-likeness (QED) is 0.175. The van der Waals surface area contributed by atoms with Crippen LogP contribution in [0.3, 0.4) is 0 Å². The van der Waals surface area contributed by atoms with Crippen LogP contribution in [0.5, 0.6) is 0 Å². The van der Waals surface area contributed by atoms with E-state index in [2.05, 4.69) is 109 Å². The molecular formula is C52H30N4O2. The molecule has 6 heteroatoms. The molecule has 0 atom stereocenters. The molecule has 58 heavy (non-hydrogen) atoms. The second-order valence-corrected chi connectivity index (χ2v) is 14.6. The SMILES string of the molecule is c1ccc2cc(-c3nc(-c4ccc(-c5ccc(-c6nc7ccccc7c7oc8ccccc8c67)cc5)cc4)nc(-c4cccc5c4oc4ccccc45)n3)ccc2c1. The highest BCUT2D eigenvalue weighted by atomic mass is 16.3. The molecule has 270 valence electrons. The number of hydrogen-bond acceptors (Lipinski definition) is 6. The van der Waals surface area contributed by atoms with Crippen LogP contribution in [0, 0.1) is 0 Å². The molecule has 0 bridgehead atoms. The van der Waals surface area contributed by atoms with Crippen molar-refractivity contribution in [2.45, 2.75) is 0 Å². The Bertz CT molecular complexity index is 3570. The molecular weight excluding hydrogens is 713 g/mol. The third-order valence-electron chi connectivity index (χ3n) is 11.1. The first-order valence-corrected chi connectivity index (χ1v) is 19.3. The monoisotopic (exact) mass is 742 g/mol. The number of furan rings is 2. The maximum Gasteiger partial charge on any atom is 0.167 e. The van der Waals surface area contributed by atoms with E-state index in [9.17, 15) is 0 Å². The van der Waals surface area contributed by atoms with Gasteiger partial charge in [0.2, 0.25) is 0 Å². The van der Waals surface area contributed by atoms with Crippen LogP contribution in [0.25, 0.3) is 122 Å². The number of benzene rings is 8. The molecule has 0 N–H and O–H groups in total. The van der Waals surface area contributed by atoms with Gasteiger partial charge in [0.05, 0.1) is 22.2 Å². The number of para-hydroxylation sites is 4. The van der Waals surface area contributed by atoms with Crippen LogP contribution in [-0.2, 0) is 0 Å². The van der Waals surface area contributed by atoms with E-state index < -0.39 is 0 Å². The lowest BCUT2D eigenvalue weighted by molar-refractivity contribution is 0.669. The van der Waals surface area contributed by atoms with E-state index in [4.69, 9.17) is 28.8 Å². The Labute approximate surface area is 331 Å². The van der Waals surface area contributed by atoms with Gasteiger partial charge in [0.25, 0.3) is 0 Å². The summed E-state index contributed by atoms with van der Waals surface area (Å²) in [5.41, 5.74) is 10.9. The van der Waals surface area contributed by atoms with Gasteiger partial charge in [-0.05, 0) is 58.3 Å². The fraction of sp³-hybridized carbons (Fsp3) is 0. The molecule has 0 saturated carbocycles. The van der Waals surface area contributed by atoms with Gasteiger partial charge in [0.1, 0.15) is 22.3 Å². The summed E-state index contributed by atoms with van der Waals surface area (Å²) < 4.78 is 12.9. The molecule has 0 aliphatic carbocycles. The van der Waals surface area contributed by atoms with Crippen molar-refractivity contribution in [3.63, 3.8) is 0 Å². The summed E-state index contributed by atoms with van der Waals surface area (Å²) in [6.45, 7) is 0. The zero-order valence-corrected chi connectivity index (χ0v) is 30.9. The second-order valence-electron chi connectivity index (χ2n) is 14.6. The Morgan fingerprint density at radius 2 is 0.879 bits per heavy atom. The summed E-state index contributed by atoms with van der Waals surface area (Å²) in [6.07, 6.45) is 0. The third kappa shape index (κ3) is 5.20. The van der Waals surface area contributed by atoms with Gasteiger partial charge in [-0.15, -0.1) is 0 Å². The molecule has 12 rings (SSSR count). The maximum absolute atomic E-state index is 6.43. The summed E-state index contributed by atoms with van der Waals surface area (Å²) in [5, 5.41) is 7.47. The summed E-state index contributed by atoms with van der Waals surface area (Å²) in [5.74, 6) is 1.74. The van der Waals surface area contributed by atoms with Crippen LogP contribution >= 0.6 is 0 Å². The Morgan fingerprint density at radius 1 is 0.328 bits per heavy atom. The van der Waals surface area contributed by atoms with Crippen LogP contribution in [-0.4, -0.2) is 19.9 Å². The van der Waals surface area contributed by atoms with Crippen molar-refractivity contribution < 1.29 is 8.83 Å². The Balaban J connectivity index is 0.944. The Kier molecular flexibility index (Phi) is 7.13. The van der Waals surface area contributed by atoms with Gasteiger partial charge < -0.3 is 8.83 Å². The molecule has 0 aliphatic rings. The van der Waals surface area contributed by atoms with Gasteiger partial charge in [-0.1, -0.05) is 146 Å². The van der Waals surface area contributed by atoms with Crippen LogP contribution in [0.15, 0.2) is 191 Å². The lowest BCUT2D eigenvalue weighted by Gasteiger charge is -2.10. The van der Waals surface area contributed by atoms with E-state index in [-0.39, 0.29) is 0 Å². The largest absolute Gasteiger partial charge is 0.455 e. The van der Waals surface area contributed by atoms with Crippen molar-refractivity contribution in [2.24, 2.45) is 0 Å². The highest BCUT2D eigenvalue weighted by Crippen LogP contribution is 2.40. The van der Waals surface area contributed by atoms with Crippen molar-refractivity contribution in [3.05, 3.63) is 182 Å². The number of rotatable bonds is 5. The van der Waals surface area contributed by atoms with Gasteiger partial charge >= 0.3 is 0 Å². The van der Waals surface area contributed by atoms with Crippen molar-refractivity contribution >= 4 is 65.6 Å². The molecule has 4 heterocycles. The van der Waals surface area contributed by atoms with Crippen LogP contribution in [0.4, 0.5) is 0 Å². The summed E-state index contributed by atoms with van der Waals surface area (Å²) in [6, 6.07) is 62.3. The van der Waals surface area contributed by atoms with Crippen LogP contribution in [0.1, 0.15) is 0 Å². The van der Waals surface area contributed by atoms with Gasteiger partial charge in [0, 0.05) is 38.2 Å². The number of aromatic nitrogens is 4. The van der Waals surface area contributed by atoms with Crippen molar-refractivity contribution in [3.8, 4) is 56.5 Å².